The fourth-order valence-corrected chi connectivity index (χ4v) is 3.67. The summed E-state index contributed by atoms with van der Waals surface area (Å²) < 4.78 is 65.0. The number of carbonyl (C=O) groups is 1. The van der Waals surface area contributed by atoms with Crippen LogP contribution in [0.2, 0.25) is 0 Å². The van der Waals surface area contributed by atoms with E-state index in [-0.39, 0.29) is 0 Å². The number of nitrogens with zero attached hydrogens (tertiary/aromatic N) is 2. The van der Waals surface area contributed by atoms with Gasteiger partial charge in [0.25, 0.3) is 0 Å². The van der Waals surface area contributed by atoms with E-state index in [1.807, 2.05) is 17.3 Å². The van der Waals surface area contributed by atoms with Crippen LogP contribution in [-0.4, -0.2) is 62.5 Å². The Hall–Kier alpha value is -1.65. The molecule has 24 heavy (non-hydrogen) atoms. The molecule has 1 heterocycles. The van der Waals surface area contributed by atoms with Gasteiger partial charge in [0, 0.05) is 32.6 Å². The molecule has 0 aromatic heterocycles. The fraction of sp³-hybridized carbons (Fsp3) is 0.500. The minimum Gasteiger partial charge on any atom is -0.323 e. The molecule has 134 valence electrons. The number of halogens is 3. The number of benzene rings is 1. The summed E-state index contributed by atoms with van der Waals surface area (Å²) in [5.74, 6) is -5.82. The van der Waals surface area contributed by atoms with Crippen molar-refractivity contribution in [3.05, 3.63) is 29.6 Å². The van der Waals surface area contributed by atoms with Crippen molar-refractivity contribution >= 4 is 21.6 Å². The van der Waals surface area contributed by atoms with Gasteiger partial charge in [-0.05, 0) is 19.2 Å². The molecule has 1 fully saturated rings. The lowest BCUT2D eigenvalue weighted by Gasteiger charge is -2.31. The van der Waals surface area contributed by atoms with Crippen molar-refractivity contribution in [2.75, 3.05) is 44.3 Å². The predicted molar refractivity (Wildman–Crippen MR) is 82.4 cm³/mol. The molecular formula is C14H18F3N3O3S. The first-order valence-electron chi connectivity index (χ1n) is 7.30. The Morgan fingerprint density at radius 3 is 2.38 bits per heavy atom. The van der Waals surface area contributed by atoms with E-state index >= 15 is 0 Å². The van der Waals surface area contributed by atoms with Crippen LogP contribution in [0.25, 0.3) is 0 Å². The molecule has 2 rings (SSSR count). The monoisotopic (exact) mass is 365 g/mol. The van der Waals surface area contributed by atoms with Crippen LogP contribution in [0.3, 0.4) is 0 Å². The number of anilines is 1. The lowest BCUT2D eigenvalue weighted by molar-refractivity contribution is -0.115. The fourth-order valence-electron chi connectivity index (χ4n) is 2.25. The van der Waals surface area contributed by atoms with Gasteiger partial charge in [0.15, 0.2) is 17.5 Å². The molecule has 0 saturated carbocycles. The molecule has 1 amide bonds. The molecule has 0 atom stereocenters. The normalized spacial score (nSPS) is 17.0. The Morgan fingerprint density at radius 2 is 1.75 bits per heavy atom. The Balaban J connectivity index is 1.92. The van der Waals surface area contributed by atoms with E-state index in [4.69, 9.17) is 0 Å². The van der Waals surface area contributed by atoms with Crippen molar-refractivity contribution in [3.8, 4) is 0 Å². The Labute approximate surface area is 138 Å². The van der Waals surface area contributed by atoms with Gasteiger partial charge in [-0.1, -0.05) is 0 Å². The van der Waals surface area contributed by atoms with Crippen molar-refractivity contribution < 1.29 is 26.4 Å². The van der Waals surface area contributed by atoms with Crippen LogP contribution < -0.4 is 5.32 Å². The second-order valence-electron chi connectivity index (χ2n) is 5.54. The van der Waals surface area contributed by atoms with E-state index in [1.165, 1.54) is 4.31 Å². The first-order chi connectivity index (χ1) is 11.2. The third kappa shape index (κ3) is 4.46. The van der Waals surface area contributed by atoms with E-state index < -0.39 is 51.2 Å². The van der Waals surface area contributed by atoms with Crippen molar-refractivity contribution in [1.29, 1.82) is 0 Å². The van der Waals surface area contributed by atoms with E-state index in [0.717, 1.165) is 6.07 Å². The third-order valence-corrected chi connectivity index (χ3v) is 5.62. The van der Waals surface area contributed by atoms with Crippen molar-refractivity contribution in [2.24, 2.45) is 0 Å². The average molecular weight is 365 g/mol. The maximum absolute atomic E-state index is 13.5. The highest BCUT2D eigenvalue weighted by molar-refractivity contribution is 7.89. The quantitative estimate of drug-likeness (QED) is 0.791. The average Bonchev–Trinajstić information content (AvgIpc) is 2.54. The Morgan fingerprint density at radius 1 is 1.12 bits per heavy atom. The second kappa shape index (κ2) is 7.49. The minimum absolute atomic E-state index is 0.345. The highest BCUT2D eigenvalue weighted by atomic mass is 32.2. The van der Waals surface area contributed by atoms with Gasteiger partial charge in [-0.3, -0.25) is 4.79 Å². The number of likely N-dealkylation sites (N-methyl/N-ethyl adjacent to an activating group) is 1. The van der Waals surface area contributed by atoms with Gasteiger partial charge in [-0.25, -0.2) is 21.6 Å². The zero-order valence-electron chi connectivity index (χ0n) is 13.1. The smallest absolute Gasteiger partial charge is 0.225 e. The van der Waals surface area contributed by atoms with Gasteiger partial charge in [-0.15, -0.1) is 0 Å². The van der Waals surface area contributed by atoms with Crippen LogP contribution in [0.1, 0.15) is 6.42 Å². The first-order valence-corrected chi connectivity index (χ1v) is 8.91. The van der Waals surface area contributed by atoms with Crippen molar-refractivity contribution in [3.63, 3.8) is 0 Å². The molecule has 1 aromatic carbocycles. The van der Waals surface area contributed by atoms with E-state index in [1.54, 1.807) is 0 Å². The minimum atomic E-state index is -3.60. The summed E-state index contributed by atoms with van der Waals surface area (Å²) in [6, 6.07) is 1.55. The van der Waals surface area contributed by atoms with Gasteiger partial charge in [0.2, 0.25) is 15.9 Å². The summed E-state index contributed by atoms with van der Waals surface area (Å²) in [6.45, 7) is 1.90. The molecule has 0 radical (unpaired) electrons. The lowest BCUT2D eigenvalue weighted by Crippen LogP contribution is -2.48. The predicted octanol–water partition coefficient (Wildman–Crippen LogP) is 1.01. The topological polar surface area (TPSA) is 69.7 Å². The molecule has 6 nitrogen and oxygen atoms in total. The number of piperazine rings is 1. The van der Waals surface area contributed by atoms with Gasteiger partial charge >= 0.3 is 0 Å². The summed E-state index contributed by atoms with van der Waals surface area (Å²) >= 11 is 0. The van der Waals surface area contributed by atoms with E-state index in [9.17, 15) is 26.4 Å². The Kier molecular flexibility index (Phi) is 5.83. The molecule has 1 aromatic rings. The molecule has 1 aliphatic heterocycles. The van der Waals surface area contributed by atoms with Crippen LogP contribution in [-0.2, 0) is 14.8 Å². The maximum Gasteiger partial charge on any atom is 0.225 e. The molecule has 10 heteroatoms. The zero-order valence-corrected chi connectivity index (χ0v) is 13.9. The number of rotatable bonds is 5. The van der Waals surface area contributed by atoms with Gasteiger partial charge in [-0.2, -0.15) is 4.31 Å². The first kappa shape index (κ1) is 18.7. The summed E-state index contributed by atoms with van der Waals surface area (Å²) in [4.78, 5) is 13.7. The maximum atomic E-state index is 13.5. The molecule has 1 aliphatic rings. The number of hydrogen-bond donors (Lipinski definition) is 1. The molecular weight excluding hydrogens is 347 g/mol. The number of carbonyl (C=O) groups excluding carboxylic acids is 1. The molecule has 1 saturated heterocycles. The SMILES string of the molecule is CN1CCN(S(=O)(=O)CCC(=O)Nc2ccc(F)c(F)c2F)CC1. The van der Waals surface area contributed by atoms with Crippen LogP contribution in [0, 0.1) is 17.5 Å². The number of sulfonamides is 1. The lowest BCUT2D eigenvalue weighted by atomic mass is 10.2. The van der Waals surface area contributed by atoms with Crippen LogP contribution in [0.4, 0.5) is 18.9 Å². The van der Waals surface area contributed by atoms with Crippen LogP contribution >= 0.6 is 0 Å². The standard InChI is InChI=1S/C14H18F3N3O3S/c1-19-5-7-20(8-6-19)24(22,23)9-4-12(21)18-11-3-2-10(15)13(16)14(11)17/h2-3H,4-9H2,1H3,(H,18,21). The van der Waals surface area contributed by atoms with E-state index in [0.29, 0.717) is 32.2 Å². The summed E-state index contributed by atoms with van der Waals surface area (Å²) in [6.07, 6.45) is -0.410. The highest BCUT2D eigenvalue weighted by Gasteiger charge is 2.26. The van der Waals surface area contributed by atoms with Gasteiger partial charge in [0.1, 0.15) is 0 Å². The molecule has 0 bridgehead atoms. The largest absolute Gasteiger partial charge is 0.323 e. The second-order valence-corrected chi connectivity index (χ2v) is 7.63. The number of hydrogen-bond acceptors (Lipinski definition) is 4. The molecule has 0 unspecified atom stereocenters. The van der Waals surface area contributed by atoms with Crippen molar-refractivity contribution in [2.45, 2.75) is 6.42 Å². The van der Waals surface area contributed by atoms with Crippen LogP contribution in [0.5, 0.6) is 0 Å². The summed E-state index contributed by atoms with van der Waals surface area (Å²) in [5.41, 5.74) is -0.532. The molecule has 1 N–H and O–H groups in total. The zero-order chi connectivity index (χ0) is 17.9. The molecule has 0 spiro atoms. The summed E-state index contributed by atoms with van der Waals surface area (Å²) in [7, 11) is -1.72. The van der Waals surface area contributed by atoms with E-state index in [2.05, 4.69) is 0 Å². The van der Waals surface area contributed by atoms with Gasteiger partial charge < -0.3 is 10.2 Å². The van der Waals surface area contributed by atoms with Crippen LogP contribution in [0.15, 0.2) is 12.1 Å². The molecule has 0 aliphatic carbocycles. The number of amides is 1. The highest BCUT2D eigenvalue weighted by Crippen LogP contribution is 2.20. The van der Waals surface area contributed by atoms with Crippen molar-refractivity contribution in [1.82, 2.24) is 9.21 Å². The van der Waals surface area contributed by atoms with Gasteiger partial charge in [0.05, 0.1) is 11.4 Å². The third-order valence-electron chi connectivity index (χ3n) is 3.75. The summed E-state index contributed by atoms with van der Waals surface area (Å²) in [5, 5.41) is 2.05. The number of nitrogens with one attached hydrogen (secondary N) is 1. The Bertz CT molecular complexity index is 719.